The predicted octanol–water partition coefficient (Wildman–Crippen LogP) is 2.69. The van der Waals surface area contributed by atoms with Gasteiger partial charge in [0.15, 0.2) is 0 Å². The van der Waals surface area contributed by atoms with Crippen molar-refractivity contribution in [2.75, 3.05) is 12.3 Å². The van der Waals surface area contributed by atoms with Crippen molar-refractivity contribution in [3.8, 4) is 0 Å². The highest BCUT2D eigenvalue weighted by atomic mass is 32.2. The van der Waals surface area contributed by atoms with Crippen LogP contribution < -0.4 is 5.32 Å². The molecule has 0 bridgehead atoms. The second kappa shape index (κ2) is 4.65. The zero-order valence-electron chi connectivity index (χ0n) is 11.4. The van der Waals surface area contributed by atoms with E-state index in [1.165, 1.54) is 17.0 Å². The SMILES string of the molecule is CC1CNC(c2cn(C)nc2C(C)(C)C)SC1. The third-order valence-corrected chi connectivity index (χ3v) is 4.56. The molecule has 17 heavy (non-hydrogen) atoms. The molecule has 1 N–H and O–H groups in total. The van der Waals surface area contributed by atoms with Gasteiger partial charge in [-0.05, 0) is 18.2 Å². The maximum absolute atomic E-state index is 4.64. The van der Waals surface area contributed by atoms with Crippen LogP contribution in [0, 0.1) is 5.92 Å². The lowest BCUT2D eigenvalue weighted by Gasteiger charge is -2.29. The number of hydrogen-bond donors (Lipinski definition) is 1. The molecule has 0 radical (unpaired) electrons. The minimum atomic E-state index is 0.113. The van der Waals surface area contributed by atoms with Gasteiger partial charge in [0.2, 0.25) is 0 Å². The lowest BCUT2D eigenvalue weighted by atomic mass is 9.89. The Labute approximate surface area is 108 Å². The van der Waals surface area contributed by atoms with Crippen molar-refractivity contribution in [1.29, 1.82) is 0 Å². The molecule has 0 saturated carbocycles. The van der Waals surface area contributed by atoms with Crippen LogP contribution in [0.4, 0.5) is 0 Å². The van der Waals surface area contributed by atoms with Crippen molar-refractivity contribution in [3.05, 3.63) is 17.5 Å². The van der Waals surface area contributed by atoms with Crippen molar-refractivity contribution < 1.29 is 0 Å². The number of aryl methyl sites for hydroxylation is 1. The number of hydrogen-bond acceptors (Lipinski definition) is 3. The Morgan fingerprint density at radius 1 is 1.47 bits per heavy atom. The molecule has 3 nitrogen and oxygen atoms in total. The van der Waals surface area contributed by atoms with E-state index in [4.69, 9.17) is 0 Å². The van der Waals surface area contributed by atoms with Gasteiger partial charge in [0, 0.05) is 24.2 Å². The summed E-state index contributed by atoms with van der Waals surface area (Å²) in [5.74, 6) is 2.00. The maximum Gasteiger partial charge on any atom is 0.0823 e. The number of thioether (sulfide) groups is 1. The molecule has 2 heterocycles. The Morgan fingerprint density at radius 2 is 2.18 bits per heavy atom. The normalized spacial score (nSPS) is 26.2. The fraction of sp³-hybridized carbons (Fsp3) is 0.769. The van der Waals surface area contributed by atoms with Gasteiger partial charge in [0.05, 0.1) is 11.1 Å². The highest BCUT2D eigenvalue weighted by molar-refractivity contribution is 7.99. The molecule has 1 saturated heterocycles. The first-order chi connectivity index (χ1) is 7.88. The molecule has 0 aromatic carbocycles. The molecule has 96 valence electrons. The summed E-state index contributed by atoms with van der Waals surface area (Å²) in [6, 6.07) is 0. The molecule has 0 spiro atoms. The Morgan fingerprint density at radius 3 is 2.71 bits per heavy atom. The average Bonchev–Trinajstić information content (AvgIpc) is 2.61. The molecular weight excluding hydrogens is 230 g/mol. The van der Waals surface area contributed by atoms with E-state index >= 15 is 0 Å². The second-order valence-electron chi connectivity index (χ2n) is 6.08. The van der Waals surface area contributed by atoms with Gasteiger partial charge < -0.3 is 5.32 Å². The van der Waals surface area contributed by atoms with Crippen LogP contribution in [-0.2, 0) is 12.5 Å². The van der Waals surface area contributed by atoms with Gasteiger partial charge in [-0.15, -0.1) is 11.8 Å². The summed E-state index contributed by atoms with van der Waals surface area (Å²) in [6.45, 7) is 10.1. The van der Waals surface area contributed by atoms with Crippen LogP contribution in [0.1, 0.15) is 44.3 Å². The Hall–Kier alpha value is -0.480. The molecule has 1 aromatic heterocycles. The van der Waals surface area contributed by atoms with Crippen LogP contribution in [0.2, 0.25) is 0 Å². The summed E-state index contributed by atoms with van der Waals surface area (Å²) in [5.41, 5.74) is 2.69. The Kier molecular flexibility index (Phi) is 3.55. The lowest BCUT2D eigenvalue weighted by Crippen LogP contribution is -2.32. The first-order valence-corrected chi connectivity index (χ1v) is 7.32. The summed E-state index contributed by atoms with van der Waals surface area (Å²) in [7, 11) is 2.01. The molecule has 1 aromatic rings. The third kappa shape index (κ3) is 2.86. The first kappa shape index (κ1) is 13.0. The van der Waals surface area contributed by atoms with Crippen LogP contribution in [0.3, 0.4) is 0 Å². The van der Waals surface area contributed by atoms with Gasteiger partial charge in [0.1, 0.15) is 0 Å². The van der Waals surface area contributed by atoms with E-state index < -0.39 is 0 Å². The van der Waals surface area contributed by atoms with E-state index in [-0.39, 0.29) is 5.41 Å². The van der Waals surface area contributed by atoms with Crippen molar-refractivity contribution in [3.63, 3.8) is 0 Å². The summed E-state index contributed by atoms with van der Waals surface area (Å²) in [5, 5.41) is 8.67. The van der Waals surface area contributed by atoms with Crippen LogP contribution in [0.15, 0.2) is 6.20 Å². The molecule has 0 aliphatic carbocycles. The van der Waals surface area contributed by atoms with E-state index in [2.05, 4.69) is 44.3 Å². The van der Waals surface area contributed by atoms with Gasteiger partial charge in [0.25, 0.3) is 0 Å². The highest BCUT2D eigenvalue weighted by Gasteiger charge is 2.28. The molecule has 1 fully saturated rings. The first-order valence-electron chi connectivity index (χ1n) is 6.27. The zero-order valence-corrected chi connectivity index (χ0v) is 12.3. The number of rotatable bonds is 1. The Bertz CT molecular complexity index is 384. The van der Waals surface area contributed by atoms with Crippen LogP contribution in [0.5, 0.6) is 0 Å². The van der Waals surface area contributed by atoms with Crippen LogP contribution >= 0.6 is 11.8 Å². The summed E-state index contributed by atoms with van der Waals surface area (Å²) < 4.78 is 1.94. The molecule has 0 amide bonds. The second-order valence-corrected chi connectivity index (χ2v) is 7.22. The maximum atomic E-state index is 4.64. The monoisotopic (exact) mass is 253 g/mol. The number of nitrogens with zero attached hydrogens (tertiary/aromatic N) is 2. The lowest BCUT2D eigenvalue weighted by molar-refractivity contribution is 0.512. The van der Waals surface area contributed by atoms with E-state index in [1.54, 1.807) is 0 Å². The smallest absolute Gasteiger partial charge is 0.0823 e. The number of nitrogens with one attached hydrogen (secondary N) is 1. The van der Waals surface area contributed by atoms with E-state index in [9.17, 15) is 0 Å². The van der Waals surface area contributed by atoms with Crippen molar-refractivity contribution in [2.45, 2.75) is 38.5 Å². The summed E-state index contributed by atoms with van der Waals surface area (Å²) in [6.07, 6.45) is 2.17. The van der Waals surface area contributed by atoms with Gasteiger partial charge in [-0.2, -0.15) is 5.10 Å². The predicted molar refractivity (Wildman–Crippen MR) is 74.3 cm³/mol. The molecule has 1 aliphatic rings. The van der Waals surface area contributed by atoms with Crippen molar-refractivity contribution in [1.82, 2.24) is 15.1 Å². The van der Waals surface area contributed by atoms with Gasteiger partial charge in [-0.1, -0.05) is 27.7 Å². The fourth-order valence-electron chi connectivity index (χ4n) is 2.17. The van der Waals surface area contributed by atoms with Crippen molar-refractivity contribution in [2.24, 2.45) is 13.0 Å². The number of aromatic nitrogens is 2. The summed E-state index contributed by atoms with van der Waals surface area (Å²) in [4.78, 5) is 0. The average molecular weight is 253 g/mol. The van der Waals surface area contributed by atoms with Gasteiger partial charge in [-0.25, -0.2) is 0 Å². The standard InChI is InChI=1S/C13H23N3S/c1-9-6-14-12(17-8-9)10-7-16(5)15-11(10)13(2,3)4/h7,9,12,14H,6,8H2,1-5H3. The molecule has 2 atom stereocenters. The van der Waals surface area contributed by atoms with Crippen LogP contribution in [-0.4, -0.2) is 22.1 Å². The molecule has 1 aliphatic heterocycles. The highest BCUT2D eigenvalue weighted by Crippen LogP contribution is 2.36. The van der Waals surface area contributed by atoms with E-state index in [0.29, 0.717) is 5.37 Å². The Balaban J connectivity index is 2.26. The quantitative estimate of drug-likeness (QED) is 0.834. The molecule has 4 heteroatoms. The zero-order chi connectivity index (χ0) is 12.6. The van der Waals surface area contributed by atoms with E-state index in [1.807, 2.05) is 23.5 Å². The van der Waals surface area contributed by atoms with Gasteiger partial charge in [-0.3, -0.25) is 4.68 Å². The third-order valence-electron chi connectivity index (χ3n) is 3.05. The van der Waals surface area contributed by atoms with E-state index in [0.717, 1.165) is 12.5 Å². The topological polar surface area (TPSA) is 29.9 Å². The largest absolute Gasteiger partial charge is 0.301 e. The van der Waals surface area contributed by atoms with Gasteiger partial charge >= 0.3 is 0 Å². The summed E-state index contributed by atoms with van der Waals surface area (Å²) >= 11 is 2.00. The molecular formula is C13H23N3S. The minimum Gasteiger partial charge on any atom is -0.301 e. The fourth-order valence-corrected chi connectivity index (χ4v) is 3.37. The minimum absolute atomic E-state index is 0.113. The van der Waals surface area contributed by atoms with Crippen LogP contribution in [0.25, 0.3) is 0 Å². The molecule has 2 rings (SSSR count). The molecule has 2 unspecified atom stereocenters. The van der Waals surface area contributed by atoms with Crippen molar-refractivity contribution >= 4 is 11.8 Å².